The Labute approximate surface area is 178 Å². The Morgan fingerprint density at radius 3 is 2.45 bits per heavy atom. The third-order valence-electron chi connectivity index (χ3n) is 4.03. The maximum Gasteiger partial charge on any atom is 0.416 e. The van der Waals surface area contributed by atoms with Crippen LogP contribution in [0.4, 0.5) is 34.1 Å². The fourth-order valence-electron chi connectivity index (χ4n) is 2.45. The second kappa shape index (κ2) is 9.13. The first-order valence-electron chi connectivity index (χ1n) is 8.89. The Morgan fingerprint density at radius 2 is 1.77 bits per heavy atom. The number of hydrogen-bond donors (Lipinski definition) is 3. The Kier molecular flexibility index (Phi) is 6.54. The van der Waals surface area contributed by atoms with E-state index >= 15 is 0 Å². The summed E-state index contributed by atoms with van der Waals surface area (Å²) in [6.45, 7) is 1.46. The number of hydrogen-bond acceptors (Lipinski definition) is 5. The van der Waals surface area contributed by atoms with Crippen molar-refractivity contribution in [3.05, 3.63) is 71.0 Å². The smallest absolute Gasteiger partial charge is 0.339 e. The monoisotopic (exact) mass is 452 g/mol. The summed E-state index contributed by atoms with van der Waals surface area (Å²) in [4.78, 5) is 28.6. The van der Waals surface area contributed by atoms with Gasteiger partial charge in [0, 0.05) is 16.8 Å². The number of aromatic nitrogens is 1. The Hall–Kier alpha value is -3.47. The molecule has 2 amide bonds. The number of halogens is 4. The van der Waals surface area contributed by atoms with Gasteiger partial charge in [-0.3, -0.25) is 9.59 Å². The van der Waals surface area contributed by atoms with Crippen molar-refractivity contribution >= 4 is 39.7 Å². The van der Waals surface area contributed by atoms with E-state index in [4.69, 9.17) is 0 Å². The zero-order chi connectivity index (χ0) is 22.6. The van der Waals surface area contributed by atoms with Crippen molar-refractivity contribution in [3.63, 3.8) is 0 Å². The van der Waals surface area contributed by atoms with Crippen molar-refractivity contribution in [2.24, 2.45) is 0 Å². The molecule has 0 aliphatic rings. The molecule has 3 N–H and O–H groups in total. The van der Waals surface area contributed by atoms with Gasteiger partial charge in [0.2, 0.25) is 5.91 Å². The minimum atomic E-state index is -4.48. The first-order valence-corrected chi connectivity index (χ1v) is 9.77. The molecule has 0 saturated carbocycles. The van der Waals surface area contributed by atoms with Gasteiger partial charge in [-0.25, -0.2) is 9.37 Å². The number of amides is 2. The summed E-state index contributed by atoms with van der Waals surface area (Å²) in [7, 11) is 0. The van der Waals surface area contributed by atoms with Gasteiger partial charge in [-0.2, -0.15) is 13.2 Å². The van der Waals surface area contributed by atoms with E-state index in [9.17, 15) is 27.2 Å². The summed E-state index contributed by atoms with van der Waals surface area (Å²) in [5.74, 6) is -1.59. The normalized spacial score (nSPS) is 12.2. The summed E-state index contributed by atoms with van der Waals surface area (Å²) in [6, 6.07) is 8.81. The Balaban J connectivity index is 1.59. The van der Waals surface area contributed by atoms with Crippen molar-refractivity contribution in [1.29, 1.82) is 0 Å². The molecule has 1 atom stereocenters. The highest BCUT2D eigenvalue weighted by Crippen LogP contribution is 2.31. The average Bonchev–Trinajstić information content (AvgIpc) is 3.18. The fourth-order valence-corrected chi connectivity index (χ4v) is 3.16. The van der Waals surface area contributed by atoms with Crippen molar-refractivity contribution in [3.8, 4) is 0 Å². The van der Waals surface area contributed by atoms with Gasteiger partial charge in [0.25, 0.3) is 5.91 Å². The van der Waals surface area contributed by atoms with Gasteiger partial charge in [-0.05, 0) is 49.4 Å². The van der Waals surface area contributed by atoms with Crippen LogP contribution in [0.3, 0.4) is 0 Å². The highest BCUT2D eigenvalue weighted by molar-refractivity contribution is 7.14. The number of anilines is 3. The number of nitrogens with zero attached hydrogens (tertiary/aromatic N) is 1. The largest absolute Gasteiger partial charge is 0.416 e. The highest BCUT2D eigenvalue weighted by atomic mass is 32.1. The van der Waals surface area contributed by atoms with Crippen LogP contribution in [0.5, 0.6) is 0 Å². The maximum absolute atomic E-state index is 12.9. The van der Waals surface area contributed by atoms with E-state index < -0.39 is 35.4 Å². The number of thiazole rings is 1. The van der Waals surface area contributed by atoms with E-state index in [1.807, 2.05) is 0 Å². The molecule has 1 aromatic heterocycles. The van der Waals surface area contributed by atoms with Gasteiger partial charge in [0.15, 0.2) is 5.13 Å². The average molecular weight is 452 g/mol. The number of nitrogens with one attached hydrogen (secondary N) is 3. The lowest BCUT2D eigenvalue weighted by molar-refractivity contribution is -0.137. The molecule has 11 heteroatoms. The van der Waals surface area contributed by atoms with Gasteiger partial charge < -0.3 is 16.0 Å². The van der Waals surface area contributed by atoms with Gasteiger partial charge in [0.1, 0.15) is 17.6 Å². The van der Waals surface area contributed by atoms with Crippen molar-refractivity contribution < 1.29 is 27.2 Å². The standard InChI is InChI=1S/C20H16F4N4O2S/c1-11(17(29)26-14-7-5-13(21)6-8-14)25-18(30)16-10-31-19(28-16)27-15-4-2-3-12(9-15)20(22,23)24/h2-11H,1H3,(H,25,30)(H,26,29)(H,27,28)/t11-/m1/s1. The van der Waals surface area contributed by atoms with Crippen LogP contribution >= 0.6 is 11.3 Å². The van der Waals surface area contributed by atoms with Crippen LogP contribution in [0.1, 0.15) is 23.0 Å². The number of rotatable bonds is 6. The molecule has 2 aromatic carbocycles. The van der Waals surface area contributed by atoms with Crippen molar-refractivity contribution in [2.45, 2.75) is 19.1 Å². The summed E-state index contributed by atoms with van der Waals surface area (Å²) in [5, 5.41) is 9.37. The molecular weight excluding hydrogens is 436 g/mol. The molecule has 0 fully saturated rings. The Bertz CT molecular complexity index is 1080. The first-order chi connectivity index (χ1) is 14.6. The van der Waals surface area contributed by atoms with E-state index in [1.165, 1.54) is 48.7 Å². The third-order valence-corrected chi connectivity index (χ3v) is 4.79. The van der Waals surface area contributed by atoms with E-state index in [2.05, 4.69) is 20.9 Å². The molecule has 162 valence electrons. The van der Waals surface area contributed by atoms with Crippen LogP contribution < -0.4 is 16.0 Å². The number of carbonyl (C=O) groups excluding carboxylic acids is 2. The SMILES string of the molecule is C[C@@H](NC(=O)c1csc(Nc2cccc(C(F)(F)F)c2)n1)C(=O)Nc1ccc(F)cc1. The van der Waals surface area contributed by atoms with Gasteiger partial charge in [-0.15, -0.1) is 11.3 Å². The zero-order valence-corrected chi connectivity index (χ0v) is 16.8. The van der Waals surface area contributed by atoms with E-state index in [-0.39, 0.29) is 16.5 Å². The van der Waals surface area contributed by atoms with Gasteiger partial charge in [0.05, 0.1) is 5.56 Å². The third kappa shape index (κ3) is 6.01. The quantitative estimate of drug-likeness (QED) is 0.469. The molecule has 6 nitrogen and oxygen atoms in total. The summed E-state index contributed by atoms with van der Waals surface area (Å²) >= 11 is 1.03. The summed E-state index contributed by atoms with van der Waals surface area (Å²) in [6.07, 6.45) is -4.48. The number of alkyl halides is 3. The molecule has 0 aliphatic carbocycles. The molecule has 0 radical (unpaired) electrons. The Morgan fingerprint density at radius 1 is 1.06 bits per heavy atom. The minimum Gasteiger partial charge on any atom is -0.339 e. The fraction of sp³-hybridized carbons (Fsp3) is 0.150. The molecular formula is C20H16F4N4O2S. The van der Waals surface area contributed by atoms with Crippen molar-refractivity contribution in [2.75, 3.05) is 10.6 Å². The van der Waals surface area contributed by atoms with Crippen LogP contribution in [-0.4, -0.2) is 22.8 Å². The number of carbonyl (C=O) groups is 2. The number of benzene rings is 2. The van der Waals surface area contributed by atoms with E-state index in [0.29, 0.717) is 5.69 Å². The predicted octanol–water partition coefficient (Wildman–Crippen LogP) is 4.80. The van der Waals surface area contributed by atoms with Crippen LogP contribution in [0, 0.1) is 5.82 Å². The van der Waals surface area contributed by atoms with Gasteiger partial charge >= 0.3 is 6.18 Å². The van der Waals surface area contributed by atoms with Crippen molar-refractivity contribution in [1.82, 2.24) is 10.3 Å². The molecule has 3 aromatic rings. The molecule has 0 bridgehead atoms. The molecule has 1 heterocycles. The lowest BCUT2D eigenvalue weighted by atomic mass is 10.2. The molecule has 0 saturated heterocycles. The maximum atomic E-state index is 12.9. The zero-order valence-electron chi connectivity index (χ0n) is 16.0. The van der Waals surface area contributed by atoms with Crippen LogP contribution in [0.15, 0.2) is 53.9 Å². The van der Waals surface area contributed by atoms with Crippen LogP contribution in [-0.2, 0) is 11.0 Å². The lowest BCUT2D eigenvalue weighted by Gasteiger charge is -2.13. The topological polar surface area (TPSA) is 83.1 Å². The molecule has 31 heavy (non-hydrogen) atoms. The van der Waals surface area contributed by atoms with Gasteiger partial charge in [-0.1, -0.05) is 6.07 Å². The molecule has 0 unspecified atom stereocenters. The van der Waals surface area contributed by atoms with Crippen LogP contribution in [0.25, 0.3) is 0 Å². The van der Waals surface area contributed by atoms with E-state index in [0.717, 1.165) is 23.5 Å². The second-order valence-corrected chi connectivity index (χ2v) is 7.29. The highest BCUT2D eigenvalue weighted by Gasteiger charge is 2.30. The predicted molar refractivity (Wildman–Crippen MR) is 109 cm³/mol. The molecule has 3 rings (SSSR count). The van der Waals surface area contributed by atoms with Crippen LogP contribution in [0.2, 0.25) is 0 Å². The first kappa shape index (κ1) is 22.2. The lowest BCUT2D eigenvalue weighted by Crippen LogP contribution is -2.41. The molecule has 0 aliphatic heterocycles. The minimum absolute atomic E-state index is 0.000841. The van der Waals surface area contributed by atoms with E-state index in [1.54, 1.807) is 0 Å². The summed E-state index contributed by atoms with van der Waals surface area (Å²) < 4.78 is 51.4. The summed E-state index contributed by atoms with van der Waals surface area (Å²) in [5.41, 5.74) is -0.272. The second-order valence-electron chi connectivity index (χ2n) is 6.43. The molecule has 0 spiro atoms.